The number of fused-ring (bicyclic) bond motifs is 1. The summed E-state index contributed by atoms with van der Waals surface area (Å²) in [6.45, 7) is 1.37. The number of aromatic nitrogens is 2. The van der Waals surface area contributed by atoms with Gasteiger partial charge in [-0.05, 0) is 0 Å². The van der Waals surface area contributed by atoms with Gasteiger partial charge in [-0.2, -0.15) is 13.2 Å². The lowest BCUT2D eigenvalue weighted by Crippen LogP contribution is -2.32. The number of alkyl halides is 3. The molecule has 1 aromatic rings. The van der Waals surface area contributed by atoms with Crippen molar-refractivity contribution in [1.82, 2.24) is 14.9 Å². The Hall–Kier alpha value is -0.975. The molecular weight excluding hydrogens is 194 g/mol. The Labute approximate surface area is 79.7 Å². The molecule has 0 aliphatic carbocycles. The Kier molecular flexibility index (Phi) is 2.06. The molecule has 0 aromatic carbocycles. The van der Waals surface area contributed by atoms with Gasteiger partial charge in [0.15, 0.2) is 7.85 Å². The molecule has 0 amide bonds. The molecular formula is C7H9BF3N3. The van der Waals surface area contributed by atoms with Crippen LogP contribution >= 0.6 is 0 Å². The van der Waals surface area contributed by atoms with E-state index in [0.717, 1.165) is 0 Å². The molecule has 0 fully saturated rings. The molecule has 0 atom stereocenters. The van der Waals surface area contributed by atoms with E-state index >= 15 is 0 Å². The summed E-state index contributed by atoms with van der Waals surface area (Å²) in [6.07, 6.45) is -4.35. The van der Waals surface area contributed by atoms with Crippen molar-refractivity contribution in [2.24, 2.45) is 0 Å². The van der Waals surface area contributed by atoms with Crippen molar-refractivity contribution in [2.45, 2.75) is 19.3 Å². The number of nitrogens with zero attached hydrogens (tertiary/aromatic N) is 2. The molecule has 0 spiro atoms. The topological polar surface area (TPSA) is 29.9 Å². The van der Waals surface area contributed by atoms with E-state index in [9.17, 15) is 13.2 Å². The van der Waals surface area contributed by atoms with Crippen molar-refractivity contribution in [1.29, 1.82) is 0 Å². The number of nitrogens with one attached hydrogen (secondary N) is 1. The van der Waals surface area contributed by atoms with E-state index in [0.29, 0.717) is 30.9 Å². The molecule has 7 heteroatoms. The van der Waals surface area contributed by atoms with E-state index in [-0.39, 0.29) is 0 Å². The summed E-state index contributed by atoms with van der Waals surface area (Å²) in [4.78, 5) is 3.56. The van der Waals surface area contributed by atoms with Gasteiger partial charge in [0.25, 0.3) is 0 Å². The molecule has 14 heavy (non-hydrogen) atoms. The minimum atomic E-state index is -4.35. The lowest BCUT2D eigenvalue weighted by molar-refractivity contribution is -0.147. The van der Waals surface area contributed by atoms with Crippen LogP contribution in [0.1, 0.15) is 11.5 Å². The molecule has 2 heterocycles. The average Bonchev–Trinajstić information content (AvgIpc) is 2.44. The van der Waals surface area contributed by atoms with Crippen molar-refractivity contribution in [2.75, 3.05) is 6.54 Å². The molecule has 1 aliphatic rings. The van der Waals surface area contributed by atoms with Crippen molar-refractivity contribution in [3.8, 4) is 0 Å². The second-order valence-electron chi connectivity index (χ2n) is 3.29. The Morgan fingerprint density at radius 2 is 2.14 bits per heavy atom. The van der Waals surface area contributed by atoms with Gasteiger partial charge >= 0.3 is 6.18 Å². The molecule has 76 valence electrons. The fraction of sp³-hybridized carbons (Fsp3) is 0.571. The summed E-state index contributed by atoms with van der Waals surface area (Å²) in [5.41, 5.74) is 1.10. The number of rotatable bonds is 0. The maximum absolute atomic E-state index is 12.5. The van der Waals surface area contributed by atoms with Crippen LogP contribution in [-0.4, -0.2) is 23.9 Å². The van der Waals surface area contributed by atoms with Crippen LogP contribution in [0.3, 0.4) is 0 Å². The zero-order chi connectivity index (χ0) is 10.3. The fourth-order valence-electron chi connectivity index (χ4n) is 1.69. The predicted octanol–water partition coefficient (Wildman–Crippen LogP) is -0.737. The molecule has 0 saturated carbocycles. The van der Waals surface area contributed by atoms with Gasteiger partial charge in [0.2, 0.25) is 5.82 Å². The summed E-state index contributed by atoms with van der Waals surface area (Å²) < 4.78 is 38.7. The number of hydrogen-bond acceptors (Lipinski definition) is 2. The average molecular weight is 203 g/mol. The summed E-state index contributed by atoms with van der Waals surface area (Å²) >= 11 is 0. The Morgan fingerprint density at radius 3 is 2.79 bits per heavy atom. The van der Waals surface area contributed by atoms with E-state index in [1.54, 1.807) is 7.85 Å². The number of imidazole rings is 1. The first kappa shape index (κ1) is 9.58. The minimum absolute atomic E-state index is 0.338. The molecule has 2 rings (SSSR count). The van der Waals surface area contributed by atoms with Gasteiger partial charge in [-0.25, -0.2) is 4.98 Å². The van der Waals surface area contributed by atoms with Crippen LogP contribution in [0, 0.1) is 0 Å². The molecule has 0 saturated heterocycles. The lowest BCUT2D eigenvalue weighted by atomic mass is 10.0. The highest BCUT2D eigenvalue weighted by atomic mass is 19.4. The largest absolute Gasteiger partial charge is 0.449 e. The van der Waals surface area contributed by atoms with E-state index in [4.69, 9.17) is 0 Å². The molecule has 1 aromatic heterocycles. The number of hydrogen-bond donors (Lipinski definition) is 1. The quantitative estimate of drug-likeness (QED) is 0.563. The van der Waals surface area contributed by atoms with Crippen LogP contribution in [0.2, 0.25) is 0 Å². The smallest absolute Gasteiger partial charge is 0.323 e. The summed E-state index contributed by atoms with van der Waals surface area (Å²) in [5.74, 6) is -0.772. The van der Waals surface area contributed by atoms with Crippen molar-refractivity contribution < 1.29 is 13.2 Å². The van der Waals surface area contributed by atoms with E-state index in [2.05, 4.69) is 10.3 Å². The summed E-state index contributed by atoms with van der Waals surface area (Å²) in [6, 6.07) is 0. The van der Waals surface area contributed by atoms with Crippen LogP contribution in [0.15, 0.2) is 0 Å². The second kappa shape index (κ2) is 3.01. The van der Waals surface area contributed by atoms with E-state index in [1.807, 2.05) is 0 Å². The van der Waals surface area contributed by atoms with E-state index < -0.39 is 12.0 Å². The van der Waals surface area contributed by atoms with Crippen molar-refractivity contribution in [3.63, 3.8) is 0 Å². The predicted molar refractivity (Wildman–Crippen MR) is 47.1 cm³/mol. The summed E-state index contributed by atoms with van der Waals surface area (Å²) in [7, 11) is 1.61. The summed E-state index contributed by atoms with van der Waals surface area (Å²) in [5, 5.41) is 3.02. The van der Waals surface area contributed by atoms with Gasteiger partial charge in [-0.15, -0.1) is 0 Å². The van der Waals surface area contributed by atoms with Crippen molar-refractivity contribution in [3.05, 3.63) is 11.5 Å². The highest BCUT2D eigenvalue weighted by molar-refractivity contribution is 6.31. The third kappa shape index (κ3) is 1.41. The normalized spacial score (nSPS) is 16.8. The fourth-order valence-corrected chi connectivity index (χ4v) is 1.69. The monoisotopic (exact) mass is 203 g/mol. The van der Waals surface area contributed by atoms with Gasteiger partial charge in [-0.3, -0.25) is 0 Å². The highest BCUT2D eigenvalue weighted by Gasteiger charge is 2.38. The minimum Gasteiger partial charge on any atom is -0.323 e. The number of halogens is 3. The maximum atomic E-state index is 12.5. The highest BCUT2D eigenvalue weighted by Crippen LogP contribution is 2.28. The van der Waals surface area contributed by atoms with Gasteiger partial charge in [0.05, 0.1) is 0 Å². The first-order valence-electron chi connectivity index (χ1n) is 4.34. The lowest BCUT2D eigenvalue weighted by Gasteiger charge is -2.19. The Balaban J connectivity index is 2.52. The van der Waals surface area contributed by atoms with Crippen LogP contribution in [-0.2, 0) is 19.3 Å². The zero-order valence-electron chi connectivity index (χ0n) is 7.65. The van der Waals surface area contributed by atoms with Crippen LogP contribution < -0.4 is 10.9 Å². The first-order valence-corrected chi connectivity index (χ1v) is 4.34. The molecule has 1 N–H and O–H groups in total. The second-order valence-corrected chi connectivity index (χ2v) is 3.29. The van der Waals surface area contributed by atoms with E-state index in [1.165, 1.54) is 4.57 Å². The maximum Gasteiger partial charge on any atom is 0.449 e. The van der Waals surface area contributed by atoms with Gasteiger partial charge in [-0.1, -0.05) is 0 Å². The van der Waals surface area contributed by atoms with Crippen molar-refractivity contribution >= 4 is 13.4 Å². The van der Waals surface area contributed by atoms with Gasteiger partial charge in [0, 0.05) is 30.9 Å². The van der Waals surface area contributed by atoms with Crippen LogP contribution in [0.25, 0.3) is 0 Å². The van der Waals surface area contributed by atoms with Crippen LogP contribution in [0.4, 0.5) is 13.2 Å². The third-order valence-corrected chi connectivity index (χ3v) is 2.33. The van der Waals surface area contributed by atoms with Gasteiger partial charge in [0.1, 0.15) is 0 Å². The SMILES string of the molecule is Bc1nc(C(F)(F)F)n2c1CNCC2. The van der Waals surface area contributed by atoms with Gasteiger partial charge < -0.3 is 9.88 Å². The Morgan fingerprint density at radius 1 is 1.43 bits per heavy atom. The molecule has 0 unspecified atom stereocenters. The van der Waals surface area contributed by atoms with Crippen LogP contribution in [0.5, 0.6) is 0 Å². The zero-order valence-corrected chi connectivity index (χ0v) is 7.65. The third-order valence-electron chi connectivity index (χ3n) is 2.33. The molecule has 0 radical (unpaired) electrons. The molecule has 0 bridgehead atoms. The standard InChI is InChI=1S/C7H9BF3N3/c8-5-4-3-12-1-2-14(4)6(13-5)7(9,10)11/h12H,1-3,8H2. The molecule has 3 nitrogen and oxygen atoms in total. The molecule has 1 aliphatic heterocycles. The first-order chi connectivity index (χ1) is 6.50. The Bertz CT molecular complexity index is 358.